The molecule has 0 aliphatic carbocycles. The molecule has 0 bridgehead atoms. The van der Waals surface area contributed by atoms with E-state index in [9.17, 15) is 9.59 Å². The van der Waals surface area contributed by atoms with Crippen molar-refractivity contribution in [1.29, 1.82) is 0 Å². The first kappa shape index (κ1) is 17.8. The van der Waals surface area contributed by atoms with Crippen LogP contribution in [-0.2, 0) is 4.79 Å². The van der Waals surface area contributed by atoms with E-state index in [1.54, 1.807) is 0 Å². The van der Waals surface area contributed by atoms with E-state index in [1.165, 1.54) is 6.42 Å². The molecule has 122 valence electrons. The van der Waals surface area contributed by atoms with Crippen molar-refractivity contribution in [2.75, 3.05) is 26.2 Å². The number of unbranched alkanes of at least 4 members (excludes halogenated alkanes) is 3. The van der Waals surface area contributed by atoms with Gasteiger partial charge in [-0.2, -0.15) is 0 Å². The van der Waals surface area contributed by atoms with Gasteiger partial charge in [0.15, 0.2) is 0 Å². The van der Waals surface area contributed by atoms with E-state index in [-0.39, 0.29) is 12.5 Å². The zero-order chi connectivity index (χ0) is 15.5. The molecule has 1 rings (SSSR count). The van der Waals surface area contributed by atoms with Crippen LogP contribution in [0.5, 0.6) is 0 Å². The lowest BCUT2D eigenvalue weighted by Crippen LogP contribution is -2.44. The van der Waals surface area contributed by atoms with Gasteiger partial charge in [0.05, 0.1) is 0 Å². The number of carbonyl (C=O) groups is 2. The smallest absolute Gasteiger partial charge is 0.314 e. The monoisotopic (exact) mass is 299 g/mol. The maximum atomic E-state index is 11.7. The van der Waals surface area contributed by atoms with Crippen molar-refractivity contribution in [2.24, 2.45) is 0 Å². The Morgan fingerprint density at radius 2 is 1.95 bits per heavy atom. The van der Waals surface area contributed by atoms with Crippen LogP contribution in [0.4, 0.5) is 4.79 Å². The van der Waals surface area contributed by atoms with Gasteiger partial charge in [-0.15, -0.1) is 0 Å². The highest BCUT2D eigenvalue weighted by atomic mass is 16.4. The van der Waals surface area contributed by atoms with Crippen molar-refractivity contribution < 1.29 is 14.7 Å². The summed E-state index contributed by atoms with van der Waals surface area (Å²) in [5.41, 5.74) is 0. The highest BCUT2D eigenvalue weighted by Crippen LogP contribution is 2.15. The molecule has 0 saturated carbocycles. The standard InChI is InChI=1S/C15H29N3O3/c1-2-18-11-7-8-13(18)12-17-15(21)16-10-6-4-3-5-9-14(19)20/h13H,2-12H2,1H3,(H,19,20)(H2,16,17,21). The number of urea groups is 1. The van der Waals surface area contributed by atoms with Gasteiger partial charge in [0.25, 0.3) is 0 Å². The quantitative estimate of drug-likeness (QED) is 0.537. The van der Waals surface area contributed by atoms with Crippen LogP contribution < -0.4 is 10.6 Å². The number of carbonyl (C=O) groups excluding carboxylic acids is 1. The number of rotatable bonds is 10. The first-order valence-corrected chi connectivity index (χ1v) is 8.11. The molecule has 0 radical (unpaired) electrons. The van der Waals surface area contributed by atoms with Crippen LogP contribution in [0.1, 0.15) is 51.9 Å². The highest BCUT2D eigenvalue weighted by Gasteiger charge is 2.22. The zero-order valence-corrected chi connectivity index (χ0v) is 13.1. The van der Waals surface area contributed by atoms with Crippen molar-refractivity contribution >= 4 is 12.0 Å². The summed E-state index contributed by atoms with van der Waals surface area (Å²) < 4.78 is 0. The van der Waals surface area contributed by atoms with Gasteiger partial charge >= 0.3 is 12.0 Å². The molecule has 0 aromatic rings. The Morgan fingerprint density at radius 1 is 1.19 bits per heavy atom. The van der Waals surface area contributed by atoms with Crippen LogP contribution in [0.2, 0.25) is 0 Å². The average Bonchev–Trinajstić information content (AvgIpc) is 2.91. The summed E-state index contributed by atoms with van der Waals surface area (Å²) in [5.74, 6) is -0.736. The molecule has 1 aliphatic rings. The van der Waals surface area contributed by atoms with Crippen LogP contribution in [-0.4, -0.2) is 54.2 Å². The maximum Gasteiger partial charge on any atom is 0.314 e. The maximum absolute atomic E-state index is 11.7. The predicted octanol–water partition coefficient (Wildman–Crippen LogP) is 1.80. The second kappa shape index (κ2) is 10.4. The first-order valence-electron chi connectivity index (χ1n) is 8.11. The lowest BCUT2D eigenvalue weighted by Gasteiger charge is -2.22. The van der Waals surface area contributed by atoms with Crippen LogP contribution >= 0.6 is 0 Å². The van der Waals surface area contributed by atoms with Crippen molar-refractivity contribution in [3.8, 4) is 0 Å². The van der Waals surface area contributed by atoms with E-state index in [2.05, 4.69) is 22.5 Å². The fourth-order valence-electron chi connectivity index (χ4n) is 2.77. The summed E-state index contributed by atoms with van der Waals surface area (Å²) in [7, 11) is 0. The largest absolute Gasteiger partial charge is 0.481 e. The van der Waals surface area contributed by atoms with Crippen LogP contribution in [0, 0.1) is 0 Å². The second-order valence-electron chi connectivity index (χ2n) is 5.62. The minimum absolute atomic E-state index is 0.0940. The van der Waals surface area contributed by atoms with Crippen LogP contribution in [0.15, 0.2) is 0 Å². The molecule has 0 aromatic heterocycles. The van der Waals surface area contributed by atoms with Crippen molar-refractivity contribution in [3.05, 3.63) is 0 Å². The number of carboxylic acid groups (broad SMARTS) is 1. The summed E-state index contributed by atoms with van der Waals surface area (Å²) in [5, 5.41) is 14.3. The molecule has 0 aromatic carbocycles. The average molecular weight is 299 g/mol. The summed E-state index contributed by atoms with van der Waals surface area (Å²) in [6, 6.07) is 0.389. The molecule has 3 N–H and O–H groups in total. The Bertz CT molecular complexity index is 323. The van der Waals surface area contributed by atoms with Crippen LogP contribution in [0.25, 0.3) is 0 Å². The van der Waals surface area contributed by atoms with Gasteiger partial charge in [-0.05, 0) is 38.8 Å². The molecular formula is C15H29N3O3. The molecule has 1 heterocycles. The summed E-state index contributed by atoms with van der Waals surface area (Å²) in [4.78, 5) is 24.4. The molecule has 1 atom stereocenters. The fraction of sp³-hybridized carbons (Fsp3) is 0.867. The first-order chi connectivity index (χ1) is 10.1. The lowest BCUT2D eigenvalue weighted by atomic mass is 10.1. The van der Waals surface area contributed by atoms with E-state index in [0.29, 0.717) is 12.6 Å². The molecule has 1 aliphatic heterocycles. The van der Waals surface area contributed by atoms with E-state index >= 15 is 0 Å². The van der Waals surface area contributed by atoms with Gasteiger partial charge in [-0.25, -0.2) is 4.79 Å². The van der Waals surface area contributed by atoms with Gasteiger partial charge in [-0.3, -0.25) is 9.69 Å². The molecule has 6 heteroatoms. The van der Waals surface area contributed by atoms with Gasteiger partial charge in [0.1, 0.15) is 0 Å². The number of likely N-dealkylation sites (N-methyl/N-ethyl adjacent to an activating group) is 1. The molecule has 21 heavy (non-hydrogen) atoms. The Kier molecular flexibility index (Phi) is 8.82. The van der Waals surface area contributed by atoms with Gasteiger partial charge in [0, 0.05) is 25.6 Å². The number of likely N-dealkylation sites (tertiary alicyclic amines) is 1. The second-order valence-corrected chi connectivity index (χ2v) is 5.62. The third-order valence-electron chi connectivity index (χ3n) is 4.01. The van der Waals surface area contributed by atoms with Crippen LogP contribution in [0.3, 0.4) is 0 Å². The lowest BCUT2D eigenvalue weighted by molar-refractivity contribution is -0.137. The predicted molar refractivity (Wildman–Crippen MR) is 82.4 cm³/mol. The number of hydrogen-bond acceptors (Lipinski definition) is 3. The highest BCUT2D eigenvalue weighted by molar-refractivity contribution is 5.73. The normalized spacial score (nSPS) is 18.6. The van der Waals surface area contributed by atoms with E-state index < -0.39 is 5.97 Å². The summed E-state index contributed by atoms with van der Waals surface area (Å²) in [6.07, 6.45) is 6.11. The van der Waals surface area contributed by atoms with Crippen molar-refractivity contribution in [3.63, 3.8) is 0 Å². The number of nitrogens with one attached hydrogen (secondary N) is 2. The Labute approximate surface area is 127 Å². The summed E-state index contributed by atoms with van der Waals surface area (Å²) >= 11 is 0. The number of hydrogen-bond donors (Lipinski definition) is 3. The Balaban J connectivity index is 1.95. The molecule has 1 fully saturated rings. The molecule has 1 saturated heterocycles. The van der Waals surface area contributed by atoms with E-state index in [4.69, 9.17) is 5.11 Å². The van der Waals surface area contributed by atoms with Crippen molar-refractivity contribution in [1.82, 2.24) is 15.5 Å². The van der Waals surface area contributed by atoms with Gasteiger partial charge in [-0.1, -0.05) is 19.8 Å². The third-order valence-corrected chi connectivity index (χ3v) is 4.01. The Hall–Kier alpha value is -1.30. The Morgan fingerprint density at radius 3 is 2.67 bits per heavy atom. The van der Waals surface area contributed by atoms with E-state index in [0.717, 1.165) is 51.7 Å². The third kappa shape index (κ3) is 7.90. The van der Waals surface area contributed by atoms with Gasteiger partial charge < -0.3 is 15.7 Å². The minimum Gasteiger partial charge on any atom is -0.481 e. The summed E-state index contributed by atoms with van der Waals surface area (Å²) in [6.45, 7) is 5.72. The molecule has 2 amide bonds. The number of carboxylic acids is 1. The molecular weight excluding hydrogens is 270 g/mol. The minimum atomic E-state index is -0.736. The number of nitrogens with zero attached hydrogens (tertiary/aromatic N) is 1. The SMILES string of the molecule is CCN1CCCC1CNC(=O)NCCCCCCC(=O)O. The molecule has 1 unspecified atom stereocenters. The molecule has 0 spiro atoms. The number of aliphatic carboxylic acids is 1. The van der Waals surface area contributed by atoms with Crippen molar-refractivity contribution in [2.45, 2.75) is 57.9 Å². The zero-order valence-electron chi connectivity index (χ0n) is 13.1. The molecule has 6 nitrogen and oxygen atoms in total. The fourth-order valence-corrected chi connectivity index (χ4v) is 2.77. The topological polar surface area (TPSA) is 81.7 Å². The van der Waals surface area contributed by atoms with Gasteiger partial charge in [0.2, 0.25) is 0 Å². The number of amides is 2. The van der Waals surface area contributed by atoms with E-state index in [1.807, 2.05) is 0 Å².